The van der Waals surface area contributed by atoms with E-state index < -0.39 is 0 Å². The molecule has 2 amide bonds. The van der Waals surface area contributed by atoms with Crippen LogP contribution in [0.25, 0.3) is 0 Å². The number of amides is 2. The van der Waals surface area contributed by atoms with Gasteiger partial charge in [-0.2, -0.15) is 5.10 Å². The van der Waals surface area contributed by atoms with E-state index in [2.05, 4.69) is 33.0 Å². The lowest BCUT2D eigenvalue weighted by molar-refractivity contribution is 0.251. The van der Waals surface area contributed by atoms with Gasteiger partial charge in [0.15, 0.2) is 5.82 Å². The number of benzene rings is 1. The minimum absolute atomic E-state index is 0.331. The number of carbonyl (C=O) groups is 1. The monoisotopic (exact) mass is 339 g/mol. The average Bonchev–Trinajstić information content (AvgIpc) is 3.10. The Morgan fingerprint density at radius 2 is 1.96 bits per heavy atom. The van der Waals surface area contributed by atoms with Crippen LogP contribution < -0.4 is 10.6 Å². The largest absolute Gasteiger partial charge is 0.360 e. The number of carbonyl (C=O) groups excluding carboxylic acids is 1. The third-order valence-electron chi connectivity index (χ3n) is 4.00. The van der Waals surface area contributed by atoms with Gasteiger partial charge in [0, 0.05) is 23.9 Å². The van der Waals surface area contributed by atoms with Crippen LogP contribution in [0.2, 0.25) is 0 Å². The summed E-state index contributed by atoms with van der Waals surface area (Å²) in [5.74, 6) is 1.03. The van der Waals surface area contributed by atoms with E-state index in [0.29, 0.717) is 24.7 Å². The highest BCUT2D eigenvalue weighted by Crippen LogP contribution is 2.15. The first kappa shape index (κ1) is 16.8. The summed E-state index contributed by atoms with van der Waals surface area (Å²) >= 11 is 0. The topological polar surface area (TPSA) is 85.0 Å². The Kier molecular flexibility index (Phi) is 4.83. The molecule has 130 valence electrons. The first-order valence-electron chi connectivity index (χ1n) is 8.08. The minimum Gasteiger partial charge on any atom is -0.360 e. The molecule has 0 atom stereocenters. The normalized spacial score (nSPS) is 10.7. The Morgan fingerprint density at radius 3 is 2.64 bits per heavy atom. The second kappa shape index (κ2) is 7.21. The van der Waals surface area contributed by atoms with Crippen LogP contribution in [0, 0.1) is 20.8 Å². The van der Waals surface area contributed by atoms with Crippen molar-refractivity contribution in [3.63, 3.8) is 0 Å². The molecular formula is C18H21N5O2. The molecular weight excluding hydrogens is 318 g/mol. The summed E-state index contributed by atoms with van der Waals surface area (Å²) in [4.78, 5) is 12.0. The second-order valence-electron chi connectivity index (χ2n) is 5.92. The number of nitrogens with one attached hydrogen (secondary N) is 2. The number of nitrogens with zero attached hydrogens (tertiary/aromatic N) is 3. The van der Waals surface area contributed by atoms with Crippen LogP contribution >= 0.6 is 0 Å². The van der Waals surface area contributed by atoms with E-state index in [0.717, 1.165) is 17.0 Å². The molecule has 25 heavy (non-hydrogen) atoms. The number of rotatable bonds is 5. The minimum atomic E-state index is -0.331. The number of aryl methyl sites for hydroxylation is 2. The number of hydrogen-bond donors (Lipinski definition) is 2. The molecule has 0 aliphatic rings. The van der Waals surface area contributed by atoms with Gasteiger partial charge in [-0.05, 0) is 26.3 Å². The highest BCUT2D eigenvalue weighted by atomic mass is 16.5. The summed E-state index contributed by atoms with van der Waals surface area (Å²) in [5, 5.41) is 13.8. The summed E-state index contributed by atoms with van der Waals surface area (Å²) in [7, 11) is 0. The van der Waals surface area contributed by atoms with Gasteiger partial charge in [-0.25, -0.2) is 4.79 Å². The zero-order valence-corrected chi connectivity index (χ0v) is 14.5. The van der Waals surface area contributed by atoms with Gasteiger partial charge in [-0.1, -0.05) is 35.5 Å². The van der Waals surface area contributed by atoms with Crippen molar-refractivity contribution in [3.05, 3.63) is 64.7 Å². The Labute approximate surface area is 146 Å². The van der Waals surface area contributed by atoms with Gasteiger partial charge in [-0.3, -0.25) is 10.00 Å². The highest BCUT2D eigenvalue weighted by Gasteiger charge is 2.13. The Hall–Kier alpha value is -3.09. The van der Waals surface area contributed by atoms with Crippen LogP contribution in [0.3, 0.4) is 0 Å². The maximum atomic E-state index is 12.0. The highest BCUT2D eigenvalue weighted by molar-refractivity contribution is 5.88. The molecule has 0 fully saturated rings. The molecule has 3 aromatic rings. The van der Waals surface area contributed by atoms with Crippen molar-refractivity contribution in [3.8, 4) is 0 Å². The fourth-order valence-electron chi connectivity index (χ4n) is 2.65. The van der Waals surface area contributed by atoms with Crippen molar-refractivity contribution in [1.29, 1.82) is 0 Å². The first-order chi connectivity index (χ1) is 12.0. The van der Waals surface area contributed by atoms with Gasteiger partial charge < -0.3 is 9.84 Å². The molecule has 0 saturated heterocycles. The summed E-state index contributed by atoms with van der Waals surface area (Å²) in [6.07, 6.45) is 0. The van der Waals surface area contributed by atoms with Crippen LogP contribution in [0.1, 0.15) is 28.3 Å². The van der Waals surface area contributed by atoms with Crippen molar-refractivity contribution in [2.24, 2.45) is 0 Å². The van der Waals surface area contributed by atoms with Crippen LogP contribution in [-0.2, 0) is 13.1 Å². The van der Waals surface area contributed by atoms with Gasteiger partial charge in [0.1, 0.15) is 5.76 Å². The van der Waals surface area contributed by atoms with Crippen molar-refractivity contribution in [1.82, 2.24) is 20.3 Å². The maximum Gasteiger partial charge on any atom is 0.320 e. The van der Waals surface area contributed by atoms with Crippen LogP contribution in [-0.4, -0.2) is 21.0 Å². The molecule has 0 spiro atoms. The number of hydrogen-bond acceptors (Lipinski definition) is 4. The summed E-state index contributed by atoms with van der Waals surface area (Å²) < 4.78 is 6.88. The van der Waals surface area contributed by atoms with Gasteiger partial charge in [-0.15, -0.1) is 0 Å². The van der Waals surface area contributed by atoms with Gasteiger partial charge in [0.05, 0.1) is 12.2 Å². The molecule has 0 radical (unpaired) electrons. The standard InChI is InChI=1S/C18H21N5O2/c1-12-9-17(22-25-12)20-18(24)19-10-16-13(2)21-23(14(16)3)11-15-7-5-4-6-8-15/h4-9H,10-11H2,1-3H3,(H2,19,20,22,24). The Balaban J connectivity index is 1.63. The van der Waals surface area contributed by atoms with E-state index >= 15 is 0 Å². The quantitative estimate of drug-likeness (QED) is 0.748. The van der Waals surface area contributed by atoms with E-state index in [4.69, 9.17) is 4.52 Å². The molecule has 0 unspecified atom stereocenters. The average molecular weight is 339 g/mol. The number of anilines is 1. The lowest BCUT2D eigenvalue weighted by Gasteiger charge is -2.07. The fraction of sp³-hybridized carbons (Fsp3) is 0.278. The van der Waals surface area contributed by atoms with Crippen LogP contribution in [0.5, 0.6) is 0 Å². The third-order valence-corrected chi connectivity index (χ3v) is 4.00. The van der Waals surface area contributed by atoms with Crippen molar-refractivity contribution in [2.45, 2.75) is 33.9 Å². The molecule has 2 N–H and O–H groups in total. The van der Waals surface area contributed by atoms with Crippen LogP contribution in [0.15, 0.2) is 40.9 Å². The molecule has 1 aromatic carbocycles. The molecule has 2 aromatic heterocycles. The van der Waals surface area contributed by atoms with Gasteiger partial charge in [0.25, 0.3) is 0 Å². The van der Waals surface area contributed by atoms with E-state index in [-0.39, 0.29) is 6.03 Å². The Morgan fingerprint density at radius 1 is 1.20 bits per heavy atom. The van der Waals surface area contributed by atoms with Crippen molar-refractivity contribution < 1.29 is 9.32 Å². The van der Waals surface area contributed by atoms with Gasteiger partial charge >= 0.3 is 6.03 Å². The molecule has 0 saturated carbocycles. The van der Waals surface area contributed by atoms with Crippen molar-refractivity contribution in [2.75, 3.05) is 5.32 Å². The molecule has 7 heteroatoms. The van der Waals surface area contributed by atoms with Gasteiger partial charge in [0.2, 0.25) is 0 Å². The maximum absolute atomic E-state index is 12.0. The molecule has 2 heterocycles. The number of aromatic nitrogens is 3. The summed E-state index contributed by atoms with van der Waals surface area (Å²) in [6, 6.07) is 11.5. The van der Waals surface area contributed by atoms with E-state index in [9.17, 15) is 4.79 Å². The molecule has 0 bridgehead atoms. The van der Waals surface area contributed by atoms with E-state index in [1.54, 1.807) is 13.0 Å². The smallest absolute Gasteiger partial charge is 0.320 e. The number of urea groups is 1. The first-order valence-corrected chi connectivity index (χ1v) is 8.08. The molecule has 0 aliphatic carbocycles. The predicted molar refractivity (Wildman–Crippen MR) is 94.3 cm³/mol. The lowest BCUT2D eigenvalue weighted by Crippen LogP contribution is -2.28. The van der Waals surface area contributed by atoms with E-state index in [1.807, 2.05) is 36.7 Å². The fourth-order valence-corrected chi connectivity index (χ4v) is 2.65. The SMILES string of the molecule is Cc1cc(NC(=O)NCc2c(C)nn(Cc3ccccc3)c2C)no1. The van der Waals surface area contributed by atoms with E-state index in [1.165, 1.54) is 5.56 Å². The zero-order valence-electron chi connectivity index (χ0n) is 14.5. The summed E-state index contributed by atoms with van der Waals surface area (Å²) in [6.45, 7) is 6.83. The molecule has 3 rings (SSSR count). The third kappa shape index (κ3) is 4.06. The summed E-state index contributed by atoms with van der Waals surface area (Å²) in [5.41, 5.74) is 4.15. The zero-order chi connectivity index (χ0) is 17.8. The predicted octanol–water partition coefficient (Wildman–Crippen LogP) is 3.17. The molecule has 7 nitrogen and oxygen atoms in total. The van der Waals surface area contributed by atoms with Crippen LogP contribution in [0.4, 0.5) is 10.6 Å². The second-order valence-corrected chi connectivity index (χ2v) is 5.92. The van der Waals surface area contributed by atoms with Crippen molar-refractivity contribution >= 4 is 11.8 Å². The Bertz CT molecular complexity index is 867. The lowest BCUT2D eigenvalue weighted by atomic mass is 10.2. The molecule has 0 aliphatic heterocycles.